The average molecular weight is 330 g/mol. The first-order valence-corrected chi connectivity index (χ1v) is 10.0. The standard InChI is InChI=1S/C10H24N2O6P2/c11-9(6-7-19(13,14)15)10(12,20(16,17)18)8-4-2-1-3-5-8/h8-9H,1-7,11-12H2,(H2,13,14,15)(H2,16,17,18). The minimum atomic E-state index is -4.69. The third-order valence-electron chi connectivity index (χ3n) is 4.09. The number of hydrogen-bond donors (Lipinski definition) is 6. The second-order valence-electron chi connectivity index (χ2n) is 5.55. The fraction of sp³-hybridized carbons (Fsp3) is 1.00. The van der Waals surface area contributed by atoms with Crippen LogP contribution in [0, 0.1) is 5.92 Å². The monoisotopic (exact) mass is 330 g/mol. The van der Waals surface area contributed by atoms with Crippen LogP contribution in [0.15, 0.2) is 0 Å². The Kier molecular flexibility index (Phi) is 5.98. The van der Waals surface area contributed by atoms with E-state index < -0.39 is 38.6 Å². The molecule has 0 heterocycles. The summed E-state index contributed by atoms with van der Waals surface area (Å²) in [7, 11) is -8.96. The van der Waals surface area contributed by atoms with Crippen molar-refractivity contribution >= 4 is 15.2 Å². The molecule has 0 saturated heterocycles. The summed E-state index contributed by atoms with van der Waals surface area (Å²) in [5, 5.41) is -1.91. The van der Waals surface area contributed by atoms with Gasteiger partial charge in [-0.2, -0.15) is 0 Å². The van der Waals surface area contributed by atoms with Gasteiger partial charge in [-0.25, -0.2) is 0 Å². The fourth-order valence-electron chi connectivity index (χ4n) is 2.86. The number of nitrogens with two attached hydrogens (primary N) is 2. The zero-order chi connectivity index (χ0) is 15.6. The van der Waals surface area contributed by atoms with E-state index in [1.54, 1.807) is 0 Å². The van der Waals surface area contributed by atoms with E-state index in [0.29, 0.717) is 12.8 Å². The van der Waals surface area contributed by atoms with Gasteiger partial charge in [-0.15, -0.1) is 0 Å². The van der Waals surface area contributed by atoms with Gasteiger partial charge >= 0.3 is 15.2 Å². The number of hydrogen-bond acceptors (Lipinski definition) is 4. The lowest BCUT2D eigenvalue weighted by atomic mass is 9.80. The van der Waals surface area contributed by atoms with E-state index in [-0.39, 0.29) is 6.42 Å². The first-order valence-electron chi connectivity index (χ1n) is 6.63. The first kappa shape index (κ1) is 18.3. The summed E-state index contributed by atoms with van der Waals surface area (Å²) in [6.07, 6.45) is 3.05. The summed E-state index contributed by atoms with van der Waals surface area (Å²) < 4.78 is 22.7. The molecule has 0 bridgehead atoms. The molecule has 0 amide bonds. The van der Waals surface area contributed by atoms with Gasteiger partial charge in [0.25, 0.3) is 0 Å². The highest BCUT2D eigenvalue weighted by Gasteiger charge is 2.53. The first-order chi connectivity index (χ1) is 8.98. The lowest BCUT2D eigenvalue weighted by molar-refractivity contribution is 0.195. The smallest absolute Gasteiger partial charge is 0.326 e. The Labute approximate surface area is 118 Å². The largest absolute Gasteiger partial charge is 0.347 e. The molecular weight excluding hydrogens is 306 g/mol. The maximum Gasteiger partial charge on any atom is 0.347 e. The molecule has 120 valence electrons. The molecule has 1 aliphatic carbocycles. The predicted octanol–water partition coefficient (Wildman–Crippen LogP) is 0.294. The van der Waals surface area contributed by atoms with Crippen LogP contribution in [-0.2, 0) is 9.13 Å². The van der Waals surface area contributed by atoms with Crippen LogP contribution in [-0.4, -0.2) is 37.1 Å². The molecule has 0 radical (unpaired) electrons. The highest BCUT2D eigenvalue weighted by atomic mass is 31.2. The third-order valence-corrected chi connectivity index (χ3v) is 6.64. The van der Waals surface area contributed by atoms with Gasteiger partial charge in [0, 0.05) is 6.04 Å². The minimum absolute atomic E-state index is 0.220. The third kappa shape index (κ3) is 4.36. The van der Waals surface area contributed by atoms with E-state index in [1.807, 2.05) is 0 Å². The van der Waals surface area contributed by atoms with Crippen molar-refractivity contribution in [2.24, 2.45) is 17.4 Å². The van der Waals surface area contributed by atoms with Crippen molar-refractivity contribution in [3.8, 4) is 0 Å². The highest BCUT2D eigenvalue weighted by molar-refractivity contribution is 7.53. The molecule has 8 nitrogen and oxygen atoms in total. The van der Waals surface area contributed by atoms with Gasteiger partial charge in [0.05, 0.1) is 6.16 Å². The molecule has 10 heteroatoms. The summed E-state index contributed by atoms with van der Waals surface area (Å²) in [5.74, 6) is -0.427. The summed E-state index contributed by atoms with van der Waals surface area (Å²) in [4.78, 5) is 36.9. The Morgan fingerprint density at radius 3 is 2.00 bits per heavy atom. The van der Waals surface area contributed by atoms with Crippen LogP contribution in [0.1, 0.15) is 38.5 Å². The summed E-state index contributed by atoms with van der Waals surface area (Å²) >= 11 is 0. The number of rotatable bonds is 6. The SMILES string of the molecule is NC(CCP(=O)(O)O)C(N)(C1CCCCC1)P(=O)(O)O. The van der Waals surface area contributed by atoms with E-state index in [4.69, 9.17) is 21.3 Å². The van der Waals surface area contributed by atoms with Crippen molar-refractivity contribution in [2.45, 2.75) is 49.8 Å². The molecule has 2 unspecified atom stereocenters. The van der Waals surface area contributed by atoms with Gasteiger partial charge in [0.15, 0.2) is 0 Å². The van der Waals surface area contributed by atoms with E-state index >= 15 is 0 Å². The Morgan fingerprint density at radius 2 is 1.60 bits per heavy atom. The van der Waals surface area contributed by atoms with Gasteiger partial charge in [0.1, 0.15) is 5.28 Å². The maximum absolute atomic E-state index is 11.8. The summed E-state index contributed by atoms with van der Waals surface area (Å²) in [6.45, 7) is 0. The van der Waals surface area contributed by atoms with Crippen LogP contribution in [0.25, 0.3) is 0 Å². The zero-order valence-electron chi connectivity index (χ0n) is 11.3. The van der Waals surface area contributed by atoms with E-state index in [2.05, 4.69) is 0 Å². The molecule has 2 atom stereocenters. The van der Waals surface area contributed by atoms with Crippen molar-refractivity contribution in [3.63, 3.8) is 0 Å². The quantitative estimate of drug-likeness (QED) is 0.378. The molecule has 1 saturated carbocycles. The van der Waals surface area contributed by atoms with Crippen molar-refractivity contribution < 1.29 is 28.7 Å². The molecule has 0 aromatic carbocycles. The van der Waals surface area contributed by atoms with Crippen LogP contribution in [0.3, 0.4) is 0 Å². The Hall–Kier alpha value is 0.220. The fourth-order valence-corrected chi connectivity index (χ4v) is 4.77. The van der Waals surface area contributed by atoms with Gasteiger partial charge in [-0.3, -0.25) is 9.13 Å². The van der Waals surface area contributed by atoms with Crippen molar-refractivity contribution in [1.82, 2.24) is 0 Å². The van der Waals surface area contributed by atoms with Gasteiger partial charge in [0.2, 0.25) is 0 Å². The molecule has 1 rings (SSSR count). The normalized spacial score (nSPS) is 23.3. The molecule has 0 spiro atoms. The second kappa shape index (κ2) is 6.55. The Morgan fingerprint density at radius 1 is 1.10 bits per heavy atom. The van der Waals surface area contributed by atoms with Crippen molar-refractivity contribution in [2.75, 3.05) is 6.16 Å². The minimum Gasteiger partial charge on any atom is -0.326 e. The lowest BCUT2D eigenvalue weighted by Gasteiger charge is -2.43. The molecular formula is C10H24N2O6P2. The van der Waals surface area contributed by atoms with Crippen molar-refractivity contribution in [3.05, 3.63) is 0 Å². The molecule has 1 fully saturated rings. The van der Waals surface area contributed by atoms with E-state index in [0.717, 1.165) is 19.3 Å². The van der Waals surface area contributed by atoms with Gasteiger partial charge in [-0.05, 0) is 25.2 Å². The Balaban J connectivity index is 2.93. The summed E-state index contributed by atoms with van der Waals surface area (Å²) in [6, 6.07) is -1.15. The lowest BCUT2D eigenvalue weighted by Crippen LogP contribution is -2.60. The highest BCUT2D eigenvalue weighted by Crippen LogP contribution is 2.56. The predicted molar refractivity (Wildman–Crippen MR) is 75.0 cm³/mol. The van der Waals surface area contributed by atoms with Crippen molar-refractivity contribution in [1.29, 1.82) is 0 Å². The average Bonchev–Trinajstić information content (AvgIpc) is 2.33. The van der Waals surface area contributed by atoms with Crippen LogP contribution < -0.4 is 11.5 Å². The molecule has 1 aliphatic rings. The van der Waals surface area contributed by atoms with Crippen LogP contribution in [0.2, 0.25) is 0 Å². The topological polar surface area (TPSA) is 167 Å². The molecule has 0 aromatic heterocycles. The maximum atomic E-state index is 11.8. The van der Waals surface area contributed by atoms with Crippen LogP contribution in [0.4, 0.5) is 0 Å². The zero-order valence-corrected chi connectivity index (χ0v) is 13.0. The van der Waals surface area contributed by atoms with Crippen LogP contribution in [0.5, 0.6) is 0 Å². The summed E-state index contributed by atoms with van der Waals surface area (Å²) in [5.41, 5.74) is 11.8. The Bertz CT molecular complexity index is 416. The molecule has 0 aliphatic heterocycles. The van der Waals surface area contributed by atoms with Crippen LogP contribution >= 0.6 is 15.2 Å². The second-order valence-corrected chi connectivity index (χ2v) is 9.19. The van der Waals surface area contributed by atoms with Gasteiger partial charge < -0.3 is 31.0 Å². The molecule has 8 N–H and O–H groups in total. The van der Waals surface area contributed by atoms with E-state index in [1.165, 1.54) is 0 Å². The van der Waals surface area contributed by atoms with E-state index in [9.17, 15) is 18.9 Å². The van der Waals surface area contributed by atoms with Gasteiger partial charge in [-0.1, -0.05) is 19.3 Å². The molecule has 20 heavy (non-hydrogen) atoms. The molecule has 0 aromatic rings.